The molecule has 4 rings (SSSR count). The average Bonchev–Trinajstić information content (AvgIpc) is 3.49. The fourth-order valence-electron chi connectivity index (χ4n) is 3.88. The summed E-state index contributed by atoms with van der Waals surface area (Å²) in [5.41, 5.74) is 2.03. The molecule has 0 aliphatic carbocycles. The van der Waals surface area contributed by atoms with Crippen LogP contribution in [0.15, 0.2) is 33.5 Å². The summed E-state index contributed by atoms with van der Waals surface area (Å²) in [4.78, 5) is 29.3. The van der Waals surface area contributed by atoms with Gasteiger partial charge in [-0.05, 0) is 32.9 Å². The van der Waals surface area contributed by atoms with E-state index >= 15 is 0 Å². The number of aryl methyl sites for hydroxylation is 3. The first-order chi connectivity index (χ1) is 14.9. The van der Waals surface area contributed by atoms with Crippen molar-refractivity contribution in [1.29, 1.82) is 5.26 Å². The first-order valence-electron chi connectivity index (χ1n) is 10.1. The monoisotopic (exact) mass is 421 g/mol. The molecule has 4 heterocycles. The van der Waals surface area contributed by atoms with E-state index < -0.39 is 0 Å². The molecule has 0 N–H and O–H groups in total. The van der Waals surface area contributed by atoms with Crippen LogP contribution in [0.25, 0.3) is 5.88 Å². The van der Waals surface area contributed by atoms with Crippen LogP contribution in [0.2, 0.25) is 0 Å². The molecule has 0 atom stereocenters. The second-order valence-electron chi connectivity index (χ2n) is 7.57. The van der Waals surface area contributed by atoms with Gasteiger partial charge in [-0.1, -0.05) is 5.16 Å². The average molecular weight is 421 g/mol. The van der Waals surface area contributed by atoms with Gasteiger partial charge in [0.2, 0.25) is 11.8 Å². The SMILES string of the molecule is Cc1noc(C)c1CC(=O)N1CCN(C(=O)c2c(C)oc(-n3cccc3)c2C#N)CC1. The summed E-state index contributed by atoms with van der Waals surface area (Å²) < 4.78 is 12.6. The summed E-state index contributed by atoms with van der Waals surface area (Å²) in [6.07, 6.45) is 3.75. The van der Waals surface area contributed by atoms with E-state index in [1.54, 1.807) is 40.6 Å². The number of nitrogens with zero attached hydrogens (tertiary/aromatic N) is 5. The minimum absolute atomic E-state index is 0.0198. The Morgan fingerprint density at radius 1 is 1.06 bits per heavy atom. The summed E-state index contributed by atoms with van der Waals surface area (Å²) >= 11 is 0. The van der Waals surface area contributed by atoms with E-state index in [-0.39, 0.29) is 29.4 Å². The minimum Gasteiger partial charge on any atom is -0.443 e. The molecule has 9 heteroatoms. The maximum Gasteiger partial charge on any atom is 0.258 e. The predicted molar refractivity (Wildman–Crippen MR) is 110 cm³/mol. The standard InChI is InChI=1S/C22H23N5O4/c1-14-17(15(2)31-24-14)12-19(28)25-8-10-26(11-9-25)21(29)20-16(3)30-22(18(20)13-23)27-6-4-5-7-27/h4-7H,8-12H2,1-3H3. The summed E-state index contributed by atoms with van der Waals surface area (Å²) in [6, 6.07) is 5.75. The quantitative estimate of drug-likeness (QED) is 0.640. The van der Waals surface area contributed by atoms with E-state index in [1.165, 1.54) is 0 Å². The molecule has 160 valence electrons. The molecular formula is C22H23N5O4. The molecule has 0 saturated carbocycles. The van der Waals surface area contributed by atoms with Crippen molar-refractivity contribution in [2.75, 3.05) is 26.2 Å². The van der Waals surface area contributed by atoms with Gasteiger partial charge in [-0.3, -0.25) is 14.2 Å². The third kappa shape index (κ3) is 3.72. The second kappa shape index (κ2) is 8.14. The highest BCUT2D eigenvalue weighted by molar-refractivity contribution is 5.98. The van der Waals surface area contributed by atoms with Crippen molar-refractivity contribution in [3.63, 3.8) is 0 Å². The Labute approximate surface area is 179 Å². The van der Waals surface area contributed by atoms with Crippen molar-refractivity contribution in [2.24, 2.45) is 0 Å². The smallest absolute Gasteiger partial charge is 0.258 e. The number of furan rings is 1. The summed E-state index contributed by atoms with van der Waals surface area (Å²) in [7, 11) is 0. The number of rotatable bonds is 4. The van der Waals surface area contributed by atoms with Gasteiger partial charge in [-0.2, -0.15) is 5.26 Å². The lowest BCUT2D eigenvalue weighted by Crippen LogP contribution is -2.51. The number of hydrogen-bond acceptors (Lipinski definition) is 6. The fourth-order valence-corrected chi connectivity index (χ4v) is 3.88. The zero-order chi connectivity index (χ0) is 22.1. The highest BCUT2D eigenvalue weighted by Gasteiger charge is 2.31. The van der Waals surface area contributed by atoms with Gasteiger partial charge in [0.05, 0.1) is 12.1 Å². The van der Waals surface area contributed by atoms with E-state index in [4.69, 9.17) is 8.94 Å². The lowest BCUT2D eigenvalue weighted by atomic mass is 10.1. The number of nitriles is 1. The fraction of sp³-hybridized carbons (Fsp3) is 0.364. The van der Waals surface area contributed by atoms with E-state index in [9.17, 15) is 14.9 Å². The van der Waals surface area contributed by atoms with Crippen LogP contribution in [0.1, 0.15) is 38.7 Å². The third-order valence-electron chi connectivity index (χ3n) is 5.66. The molecule has 2 amide bonds. The molecule has 1 aliphatic heterocycles. The van der Waals surface area contributed by atoms with Crippen LogP contribution in [0.3, 0.4) is 0 Å². The van der Waals surface area contributed by atoms with Crippen LogP contribution < -0.4 is 0 Å². The van der Waals surface area contributed by atoms with Gasteiger partial charge in [0.1, 0.15) is 28.7 Å². The highest BCUT2D eigenvalue weighted by atomic mass is 16.5. The van der Waals surface area contributed by atoms with Gasteiger partial charge in [0.25, 0.3) is 5.91 Å². The molecule has 1 saturated heterocycles. The Kier molecular flexibility index (Phi) is 5.38. The van der Waals surface area contributed by atoms with Crippen LogP contribution in [-0.2, 0) is 11.2 Å². The zero-order valence-corrected chi connectivity index (χ0v) is 17.7. The van der Waals surface area contributed by atoms with Gasteiger partial charge in [-0.15, -0.1) is 0 Å². The van der Waals surface area contributed by atoms with Crippen LogP contribution in [0.4, 0.5) is 0 Å². The number of aromatic nitrogens is 2. The van der Waals surface area contributed by atoms with Crippen molar-refractivity contribution in [1.82, 2.24) is 19.5 Å². The molecule has 0 radical (unpaired) electrons. The van der Waals surface area contributed by atoms with Crippen molar-refractivity contribution in [3.05, 3.63) is 58.4 Å². The summed E-state index contributed by atoms with van der Waals surface area (Å²) in [6.45, 7) is 6.93. The number of carbonyl (C=O) groups excluding carboxylic acids is 2. The number of carbonyl (C=O) groups is 2. The van der Waals surface area contributed by atoms with Gasteiger partial charge in [0.15, 0.2) is 0 Å². The van der Waals surface area contributed by atoms with E-state index in [0.29, 0.717) is 43.6 Å². The molecular weight excluding hydrogens is 398 g/mol. The molecule has 31 heavy (non-hydrogen) atoms. The Bertz CT molecular complexity index is 1140. The third-order valence-corrected chi connectivity index (χ3v) is 5.66. The van der Waals surface area contributed by atoms with Crippen molar-refractivity contribution in [3.8, 4) is 12.0 Å². The second-order valence-corrected chi connectivity index (χ2v) is 7.57. The van der Waals surface area contributed by atoms with Crippen LogP contribution in [0.5, 0.6) is 0 Å². The van der Waals surface area contributed by atoms with Crippen molar-refractivity contribution in [2.45, 2.75) is 27.2 Å². The predicted octanol–water partition coefficient (Wildman–Crippen LogP) is 2.38. The Balaban J connectivity index is 1.45. The molecule has 1 fully saturated rings. The first kappa shape index (κ1) is 20.5. The van der Waals surface area contributed by atoms with Crippen molar-refractivity contribution < 1.29 is 18.5 Å². The topological polar surface area (TPSA) is 109 Å². The van der Waals surface area contributed by atoms with E-state index in [1.807, 2.05) is 19.1 Å². The molecule has 0 unspecified atom stereocenters. The number of piperazine rings is 1. The molecule has 0 bridgehead atoms. The first-order valence-corrected chi connectivity index (χ1v) is 10.1. The normalized spacial score (nSPS) is 14.0. The minimum atomic E-state index is -0.256. The lowest BCUT2D eigenvalue weighted by Gasteiger charge is -2.34. The molecule has 3 aromatic heterocycles. The summed E-state index contributed by atoms with van der Waals surface area (Å²) in [5, 5.41) is 13.6. The maximum absolute atomic E-state index is 13.2. The van der Waals surface area contributed by atoms with Crippen LogP contribution in [0, 0.1) is 32.1 Å². The van der Waals surface area contributed by atoms with E-state index in [0.717, 1.165) is 11.3 Å². The van der Waals surface area contributed by atoms with Crippen LogP contribution in [-0.4, -0.2) is 57.5 Å². The summed E-state index contributed by atoms with van der Waals surface area (Å²) in [5.74, 6) is 1.11. The molecule has 3 aromatic rings. The van der Waals surface area contributed by atoms with E-state index in [2.05, 4.69) is 11.2 Å². The molecule has 0 aromatic carbocycles. The molecule has 0 spiro atoms. The Morgan fingerprint density at radius 2 is 1.71 bits per heavy atom. The van der Waals surface area contributed by atoms with Crippen molar-refractivity contribution >= 4 is 11.8 Å². The number of hydrogen-bond donors (Lipinski definition) is 0. The zero-order valence-electron chi connectivity index (χ0n) is 17.7. The molecule has 9 nitrogen and oxygen atoms in total. The van der Waals surface area contributed by atoms with Crippen LogP contribution >= 0.6 is 0 Å². The van der Waals surface area contributed by atoms with Gasteiger partial charge < -0.3 is 18.7 Å². The lowest BCUT2D eigenvalue weighted by molar-refractivity contribution is -0.131. The Hall–Kier alpha value is -3.80. The maximum atomic E-state index is 13.2. The van der Waals surface area contributed by atoms with Gasteiger partial charge in [-0.25, -0.2) is 0 Å². The largest absolute Gasteiger partial charge is 0.443 e. The molecule has 1 aliphatic rings. The highest BCUT2D eigenvalue weighted by Crippen LogP contribution is 2.27. The van der Waals surface area contributed by atoms with Gasteiger partial charge >= 0.3 is 0 Å². The Morgan fingerprint density at radius 3 is 2.29 bits per heavy atom. The van der Waals surface area contributed by atoms with Gasteiger partial charge in [0, 0.05) is 44.1 Å². The number of amides is 2.